The van der Waals surface area contributed by atoms with Crippen LogP contribution in [0.5, 0.6) is 5.75 Å². The predicted octanol–water partition coefficient (Wildman–Crippen LogP) is 5.33. The molecule has 0 bridgehead atoms. The van der Waals surface area contributed by atoms with Crippen molar-refractivity contribution >= 4 is 51.9 Å². The van der Waals surface area contributed by atoms with E-state index in [0.29, 0.717) is 11.5 Å². The number of thioether (sulfide) groups is 1. The van der Waals surface area contributed by atoms with Crippen LogP contribution in [0.3, 0.4) is 0 Å². The van der Waals surface area contributed by atoms with Crippen LogP contribution >= 0.6 is 24.0 Å². The normalized spacial score (nSPS) is 15.4. The summed E-state index contributed by atoms with van der Waals surface area (Å²) in [5.74, 6) is -0.279. The molecule has 168 valence electrons. The van der Waals surface area contributed by atoms with Gasteiger partial charge in [-0.1, -0.05) is 48.2 Å². The van der Waals surface area contributed by atoms with Crippen molar-refractivity contribution in [3.63, 3.8) is 0 Å². The molecule has 10 heteroatoms. The first-order chi connectivity index (χ1) is 15.2. The topological polar surface area (TPSA) is 58.6 Å². The Labute approximate surface area is 192 Å². The lowest BCUT2D eigenvalue weighted by molar-refractivity contribution is -0.137. The van der Waals surface area contributed by atoms with Gasteiger partial charge >= 0.3 is 6.18 Å². The molecule has 0 unspecified atom stereocenters. The van der Waals surface area contributed by atoms with Crippen LogP contribution in [0.4, 0.5) is 18.9 Å². The maximum Gasteiger partial charge on any atom is 0.418 e. The van der Waals surface area contributed by atoms with Crippen LogP contribution in [0.2, 0.25) is 0 Å². The summed E-state index contributed by atoms with van der Waals surface area (Å²) in [6, 6.07) is 11.9. The zero-order chi connectivity index (χ0) is 23.3. The van der Waals surface area contributed by atoms with E-state index in [4.69, 9.17) is 17.0 Å². The van der Waals surface area contributed by atoms with E-state index in [0.717, 1.165) is 29.1 Å². The SMILES string of the molecule is CCOc1ccc(/C=C2/SC(=S)N(CCC(=O)Nc3ccccc3C(F)(F)F)C2=O)cc1. The van der Waals surface area contributed by atoms with E-state index in [2.05, 4.69) is 5.32 Å². The quantitative estimate of drug-likeness (QED) is 0.429. The van der Waals surface area contributed by atoms with Gasteiger partial charge in [0.2, 0.25) is 5.91 Å². The Balaban J connectivity index is 1.62. The number of thiocarbonyl (C=S) groups is 1. The second-order valence-electron chi connectivity index (χ2n) is 6.68. The number of anilines is 1. The smallest absolute Gasteiger partial charge is 0.418 e. The van der Waals surface area contributed by atoms with E-state index in [1.54, 1.807) is 18.2 Å². The number of amides is 2. The average Bonchev–Trinajstić information content (AvgIpc) is 3.00. The van der Waals surface area contributed by atoms with Crippen molar-refractivity contribution in [2.75, 3.05) is 18.5 Å². The lowest BCUT2D eigenvalue weighted by atomic mass is 10.1. The van der Waals surface area contributed by atoms with Crippen molar-refractivity contribution in [2.45, 2.75) is 19.5 Å². The van der Waals surface area contributed by atoms with Crippen molar-refractivity contribution < 1.29 is 27.5 Å². The summed E-state index contributed by atoms with van der Waals surface area (Å²) in [5, 5.41) is 2.26. The molecule has 0 aliphatic carbocycles. The maximum atomic E-state index is 13.1. The van der Waals surface area contributed by atoms with Gasteiger partial charge in [0, 0.05) is 13.0 Å². The number of halogens is 3. The Kier molecular flexibility index (Phi) is 7.57. The third-order valence-electron chi connectivity index (χ3n) is 4.43. The highest BCUT2D eigenvalue weighted by atomic mass is 32.2. The van der Waals surface area contributed by atoms with Crippen LogP contribution in [-0.4, -0.2) is 34.2 Å². The second kappa shape index (κ2) is 10.2. The predicted molar refractivity (Wildman–Crippen MR) is 122 cm³/mol. The van der Waals surface area contributed by atoms with Gasteiger partial charge in [0.05, 0.1) is 22.8 Å². The minimum Gasteiger partial charge on any atom is -0.494 e. The average molecular weight is 481 g/mol. The van der Waals surface area contributed by atoms with Gasteiger partial charge < -0.3 is 10.1 Å². The van der Waals surface area contributed by atoms with Gasteiger partial charge in [-0.15, -0.1) is 0 Å². The largest absolute Gasteiger partial charge is 0.494 e. The number of hydrogen-bond donors (Lipinski definition) is 1. The first-order valence-electron chi connectivity index (χ1n) is 9.63. The third-order valence-corrected chi connectivity index (χ3v) is 5.81. The molecule has 32 heavy (non-hydrogen) atoms. The number of ether oxygens (including phenoxy) is 1. The highest BCUT2D eigenvalue weighted by Crippen LogP contribution is 2.35. The molecule has 0 aromatic heterocycles. The van der Waals surface area contributed by atoms with Crippen LogP contribution in [0, 0.1) is 0 Å². The van der Waals surface area contributed by atoms with Crippen molar-refractivity contribution in [3.8, 4) is 5.75 Å². The summed E-state index contributed by atoms with van der Waals surface area (Å²) in [7, 11) is 0. The number of para-hydroxylation sites is 1. The van der Waals surface area contributed by atoms with Crippen LogP contribution in [0.15, 0.2) is 53.4 Å². The first kappa shape index (κ1) is 23.8. The first-order valence-corrected chi connectivity index (χ1v) is 10.9. The van der Waals surface area contributed by atoms with Crippen LogP contribution in [0.25, 0.3) is 6.08 Å². The lowest BCUT2D eigenvalue weighted by Crippen LogP contribution is -2.31. The molecule has 0 saturated carbocycles. The molecule has 2 aromatic carbocycles. The summed E-state index contributed by atoms with van der Waals surface area (Å²) >= 11 is 6.35. The number of rotatable bonds is 7. The van der Waals surface area contributed by atoms with Gasteiger partial charge in [-0.05, 0) is 42.8 Å². The molecule has 3 rings (SSSR count). The second-order valence-corrected chi connectivity index (χ2v) is 8.35. The molecule has 5 nitrogen and oxygen atoms in total. The number of nitrogens with zero attached hydrogens (tertiary/aromatic N) is 1. The molecule has 1 heterocycles. The summed E-state index contributed by atoms with van der Waals surface area (Å²) < 4.78 is 44.9. The summed E-state index contributed by atoms with van der Waals surface area (Å²) in [4.78, 5) is 26.6. The minimum absolute atomic E-state index is 0.0364. The molecule has 1 fully saturated rings. The van der Waals surface area contributed by atoms with E-state index in [-0.39, 0.29) is 28.9 Å². The fourth-order valence-electron chi connectivity index (χ4n) is 2.94. The summed E-state index contributed by atoms with van der Waals surface area (Å²) in [5.41, 5.74) is -0.474. The third kappa shape index (κ3) is 5.89. The number of carbonyl (C=O) groups is 2. The van der Waals surface area contributed by atoms with Gasteiger partial charge in [0.25, 0.3) is 5.91 Å². The van der Waals surface area contributed by atoms with Crippen molar-refractivity contribution in [1.82, 2.24) is 4.90 Å². The van der Waals surface area contributed by atoms with Crippen molar-refractivity contribution in [1.29, 1.82) is 0 Å². The van der Waals surface area contributed by atoms with Gasteiger partial charge in [-0.2, -0.15) is 13.2 Å². The fraction of sp³-hybridized carbons (Fsp3) is 0.227. The zero-order valence-electron chi connectivity index (χ0n) is 16.9. The van der Waals surface area contributed by atoms with Crippen molar-refractivity contribution in [2.24, 2.45) is 0 Å². The number of benzene rings is 2. The van der Waals surface area contributed by atoms with Gasteiger partial charge in [-0.3, -0.25) is 14.5 Å². The van der Waals surface area contributed by atoms with E-state index >= 15 is 0 Å². The molecule has 2 amide bonds. The highest BCUT2D eigenvalue weighted by molar-refractivity contribution is 8.26. The standard InChI is InChI=1S/C22H19F3N2O3S2/c1-2-30-15-9-7-14(8-10-15)13-18-20(29)27(21(31)32-18)12-11-19(28)26-17-6-4-3-5-16(17)22(23,24)25/h3-10,13H,2,11-12H2,1H3,(H,26,28)/b18-13+. The van der Waals surface area contributed by atoms with E-state index < -0.39 is 17.6 Å². The van der Waals surface area contributed by atoms with Crippen LogP contribution in [-0.2, 0) is 15.8 Å². The van der Waals surface area contributed by atoms with Gasteiger partial charge in [-0.25, -0.2) is 0 Å². The molecule has 1 aliphatic rings. The molecule has 0 spiro atoms. The molecule has 2 aromatic rings. The number of hydrogen-bond acceptors (Lipinski definition) is 5. The number of nitrogens with one attached hydrogen (secondary N) is 1. The summed E-state index contributed by atoms with van der Waals surface area (Å²) in [6.07, 6.45) is -3.10. The molecule has 1 aliphatic heterocycles. The van der Waals surface area contributed by atoms with Crippen LogP contribution < -0.4 is 10.1 Å². The Morgan fingerprint density at radius 1 is 1.19 bits per heavy atom. The minimum atomic E-state index is -4.59. The lowest BCUT2D eigenvalue weighted by Gasteiger charge is -2.16. The molecule has 0 atom stereocenters. The number of alkyl halides is 3. The van der Waals surface area contributed by atoms with Gasteiger partial charge in [0.1, 0.15) is 10.1 Å². The Hall–Kier alpha value is -2.85. The molecular formula is C22H19F3N2O3S2. The van der Waals surface area contributed by atoms with Gasteiger partial charge in [0.15, 0.2) is 0 Å². The molecule has 1 saturated heterocycles. The zero-order valence-corrected chi connectivity index (χ0v) is 18.6. The van der Waals surface area contributed by atoms with Crippen molar-refractivity contribution in [3.05, 3.63) is 64.6 Å². The van der Waals surface area contributed by atoms with E-state index in [1.165, 1.54) is 23.1 Å². The molecule has 0 radical (unpaired) electrons. The Morgan fingerprint density at radius 2 is 1.88 bits per heavy atom. The van der Waals surface area contributed by atoms with E-state index in [9.17, 15) is 22.8 Å². The monoisotopic (exact) mass is 480 g/mol. The van der Waals surface area contributed by atoms with E-state index in [1.807, 2.05) is 19.1 Å². The Morgan fingerprint density at radius 3 is 2.53 bits per heavy atom. The highest BCUT2D eigenvalue weighted by Gasteiger charge is 2.34. The number of carbonyl (C=O) groups excluding carboxylic acids is 2. The molecular weight excluding hydrogens is 461 g/mol. The van der Waals surface area contributed by atoms with Crippen LogP contribution in [0.1, 0.15) is 24.5 Å². The Bertz CT molecular complexity index is 1050. The maximum absolute atomic E-state index is 13.1. The molecule has 1 N–H and O–H groups in total. The fourth-order valence-corrected chi connectivity index (χ4v) is 4.25. The summed E-state index contributed by atoms with van der Waals surface area (Å²) in [6.45, 7) is 2.40.